The van der Waals surface area contributed by atoms with Gasteiger partial charge in [0.25, 0.3) is 6.71 Å². The van der Waals surface area contributed by atoms with Gasteiger partial charge in [-0.1, -0.05) is 172 Å². The minimum Gasteiger partial charge on any atom is -0.335 e. The maximum atomic E-state index is 3.00. The molecule has 5 heteroatoms. The van der Waals surface area contributed by atoms with Crippen LogP contribution in [0.25, 0.3) is 27.5 Å². The first-order valence-corrected chi connectivity index (χ1v) is 29.5. The molecule has 5 heterocycles. The lowest BCUT2D eigenvalue weighted by molar-refractivity contribution is 0.195. The van der Waals surface area contributed by atoms with E-state index in [1.54, 1.807) is 16.2 Å². The van der Waals surface area contributed by atoms with Crippen LogP contribution in [0, 0.1) is 0 Å². The van der Waals surface area contributed by atoms with Crippen LogP contribution in [0.5, 0.6) is 0 Å². The molecular weight excluding hydrogens is 826 g/mol. The molecule has 0 saturated heterocycles. The van der Waals surface area contributed by atoms with Gasteiger partial charge in [-0.15, -0.1) is 0 Å². The Morgan fingerprint density at radius 1 is 0.552 bits per heavy atom. The lowest BCUT2D eigenvalue weighted by atomic mass is 9.33. The average Bonchev–Trinajstić information content (AvgIpc) is 3.83. The number of benzene rings is 6. The molecule has 67 heavy (non-hydrogen) atoms. The molecule has 4 aliphatic heterocycles. The first-order valence-electron chi connectivity index (χ1n) is 26.0. The fraction of sp³-hybridized carbons (Fsp3) is 0.419. The van der Waals surface area contributed by atoms with E-state index < -0.39 is 8.07 Å². The molecule has 340 valence electrons. The van der Waals surface area contributed by atoms with Crippen molar-refractivity contribution >= 4 is 80.9 Å². The maximum absolute atomic E-state index is 3.00. The van der Waals surface area contributed by atoms with Crippen molar-refractivity contribution < 1.29 is 0 Å². The number of anilines is 4. The van der Waals surface area contributed by atoms with E-state index in [1.165, 1.54) is 128 Å². The summed E-state index contributed by atoms with van der Waals surface area (Å²) < 4.78 is 2.76. The Bertz CT molecular complexity index is 3290. The minimum absolute atomic E-state index is 0.0262. The first kappa shape index (κ1) is 42.1. The molecule has 2 aliphatic carbocycles. The van der Waals surface area contributed by atoms with E-state index in [9.17, 15) is 0 Å². The molecule has 1 aromatic heterocycles. The van der Waals surface area contributed by atoms with Crippen molar-refractivity contribution in [3.8, 4) is 5.69 Å². The van der Waals surface area contributed by atoms with Crippen LogP contribution in [0.4, 0.5) is 22.7 Å². The Labute approximate surface area is 402 Å². The molecular formula is C62H70BN3Si. The van der Waals surface area contributed by atoms with E-state index in [1.807, 2.05) is 0 Å². The largest absolute Gasteiger partial charge is 0.335 e. The SMILES string of the molecule is CC(C)(C)c1ccc2c(c1)c1cc(C(C)(C)C)cc3c1n2-c1cc(N2c4ccccc4C4(C)CCCCC24C)cc2c1B3c1cc([Si](C)(C)C)cc3c1N2C1(C)CCCCC31c1ccccc1. The summed E-state index contributed by atoms with van der Waals surface area (Å²) in [5, 5.41) is 4.38. The molecule has 0 N–H and O–H groups in total. The number of nitrogens with zero attached hydrogens (tertiary/aromatic N) is 3. The van der Waals surface area contributed by atoms with Gasteiger partial charge in [0.1, 0.15) is 0 Å². The molecule has 0 amide bonds. The Morgan fingerprint density at radius 3 is 1.94 bits per heavy atom. The van der Waals surface area contributed by atoms with Gasteiger partial charge in [0.2, 0.25) is 0 Å². The van der Waals surface area contributed by atoms with Crippen molar-refractivity contribution in [1.82, 2.24) is 4.57 Å². The van der Waals surface area contributed by atoms with Crippen LogP contribution in [0.15, 0.2) is 109 Å². The number of para-hydroxylation sites is 1. The van der Waals surface area contributed by atoms with Crippen LogP contribution in [0.2, 0.25) is 19.6 Å². The summed E-state index contributed by atoms with van der Waals surface area (Å²) in [6, 6.07) is 45.0. The van der Waals surface area contributed by atoms with Crippen LogP contribution in [-0.2, 0) is 21.7 Å². The minimum atomic E-state index is -1.81. The average molecular weight is 896 g/mol. The Morgan fingerprint density at radius 2 is 1.21 bits per heavy atom. The summed E-state index contributed by atoms with van der Waals surface area (Å²) in [5.74, 6) is 0. The Kier molecular flexibility index (Phi) is 8.30. The highest BCUT2D eigenvalue weighted by molar-refractivity contribution is 7.01. The molecule has 6 aliphatic rings. The summed E-state index contributed by atoms with van der Waals surface area (Å²) in [6.45, 7) is 30.1. The predicted molar refractivity (Wildman–Crippen MR) is 291 cm³/mol. The van der Waals surface area contributed by atoms with Crippen LogP contribution in [0.3, 0.4) is 0 Å². The smallest absolute Gasteiger partial charge is 0.252 e. The highest BCUT2D eigenvalue weighted by Crippen LogP contribution is 2.66. The molecule has 0 radical (unpaired) electrons. The van der Waals surface area contributed by atoms with Crippen LogP contribution in [0.1, 0.15) is 141 Å². The Balaban J connectivity index is 1.23. The van der Waals surface area contributed by atoms with Gasteiger partial charge in [-0.3, -0.25) is 0 Å². The van der Waals surface area contributed by atoms with E-state index in [-0.39, 0.29) is 39.5 Å². The molecule has 0 bridgehead atoms. The molecule has 3 nitrogen and oxygen atoms in total. The van der Waals surface area contributed by atoms with Crippen molar-refractivity contribution in [2.24, 2.45) is 0 Å². The second kappa shape index (κ2) is 13.2. The number of hydrogen-bond donors (Lipinski definition) is 0. The molecule has 6 aromatic carbocycles. The van der Waals surface area contributed by atoms with Crippen molar-refractivity contribution in [1.29, 1.82) is 0 Å². The maximum Gasteiger partial charge on any atom is 0.252 e. The normalized spacial score (nSPS) is 25.9. The lowest BCUT2D eigenvalue weighted by Crippen LogP contribution is -2.65. The fourth-order valence-corrected chi connectivity index (χ4v) is 16.6. The number of aromatic nitrogens is 1. The van der Waals surface area contributed by atoms with Gasteiger partial charge in [-0.25, -0.2) is 0 Å². The topological polar surface area (TPSA) is 11.4 Å². The molecule has 2 saturated carbocycles. The fourth-order valence-electron chi connectivity index (χ4n) is 15.5. The van der Waals surface area contributed by atoms with E-state index in [0.29, 0.717) is 0 Å². The van der Waals surface area contributed by atoms with E-state index in [0.717, 1.165) is 6.42 Å². The molecule has 2 fully saturated rings. The van der Waals surface area contributed by atoms with Gasteiger partial charge in [0, 0.05) is 55.6 Å². The second-order valence-electron chi connectivity index (χ2n) is 25.8. The van der Waals surface area contributed by atoms with E-state index in [2.05, 4.69) is 206 Å². The van der Waals surface area contributed by atoms with Crippen molar-refractivity contribution in [3.63, 3.8) is 0 Å². The van der Waals surface area contributed by atoms with E-state index >= 15 is 0 Å². The lowest BCUT2D eigenvalue weighted by Gasteiger charge is -2.54. The zero-order valence-corrected chi connectivity index (χ0v) is 43.5. The summed E-state index contributed by atoms with van der Waals surface area (Å²) in [5.41, 5.74) is 21.5. The third-order valence-electron chi connectivity index (χ3n) is 19.2. The number of hydrogen-bond acceptors (Lipinski definition) is 2. The first-order chi connectivity index (χ1) is 31.7. The quantitative estimate of drug-likeness (QED) is 0.164. The Hall–Kier alpha value is -5.00. The zero-order chi connectivity index (χ0) is 46.6. The van der Waals surface area contributed by atoms with Crippen LogP contribution < -0.4 is 31.4 Å². The molecule has 4 unspecified atom stereocenters. The van der Waals surface area contributed by atoms with Crippen molar-refractivity contribution in [2.45, 2.75) is 166 Å². The summed E-state index contributed by atoms with van der Waals surface area (Å²) in [4.78, 5) is 5.86. The summed E-state index contributed by atoms with van der Waals surface area (Å²) >= 11 is 0. The highest BCUT2D eigenvalue weighted by atomic mass is 28.3. The van der Waals surface area contributed by atoms with Gasteiger partial charge < -0.3 is 14.4 Å². The second-order valence-corrected chi connectivity index (χ2v) is 30.9. The number of rotatable bonds is 3. The van der Waals surface area contributed by atoms with Gasteiger partial charge in [-0.05, 0) is 131 Å². The third-order valence-corrected chi connectivity index (χ3v) is 21.3. The van der Waals surface area contributed by atoms with Crippen LogP contribution >= 0.6 is 0 Å². The molecule has 7 aromatic rings. The molecule has 13 rings (SSSR count). The predicted octanol–water partition coefficient (Wildman–Crippen LogP) is 13.6. The van der Waals surface area contributed by atoms with Gasteiger partial charge >= 0.3 is 0 Å². The van der Waals surface area contributed by atoms with Gasteiger partial charge in [-0.2, -0.15) is 0 Å². The van der Waals surface area contributed by atoms with Gasteiger partial charge in [0.15, 0.2) is 0 Å². The summed E-state index contributed by atoms with van der Waals surface area (Å²) in [6.07, 6.45) is 9.76. The van der Waals surface area contributed by atoms with Gasteiger partial charge in [0.05, 0.1) is 24.7 Å². The van der Waals surface area contributed by atoms with Crippen molar-refractivity contribution in [3.05, 3.63) is 137 Å². The van der Waals surface area contributed by atoms with Crippen LogP contribution in [-0.4, -0.2) is 30.4 Å². The monoisotopic (exact) mass is 896 g/mol. The summed E-state index contributed by atoms with van der Waals surface area (Å²) in [7, 11) is -1.81. The number of fused-ring (bicyclic) bond motifs is 13. The van der Waals surface area contributed by atoms with E-state index in [4.69, 9.17) is 0 Å². The molecule has 0 spiro atoms. The van der Waals surface area contributed by atoms with Crippen molar-refractivity contribution in [2.75, 3.05) is 9.80 Å². The zero-order valence-electron chi connectivity index (χ0n) is 42.5. The molecule has 4 atom stereocenters. The third kappa shape index (κ3) is 5.15. The highest BCUT2D eigenvalue weighted by Gasteiger charge is 2.65. The standard InChI is InChI=1S/C62H70BN3Si/c1-57(2,3)40-26-27-50-44(32-40)45-33-41(58(4,5)6)34-48-55(45)64(50)52-35-42(65-51-25-17-16-24-46(51)59(7)28-18-19-29-60(59,65)8)36-53-54(52)63(48)49-38-43(67(10,11)12)37-47-56(49)66(53)61(9)30-20-21-31-62(47,61)39-22-14-13-15-23-39/h13-17,22-27,32-38H,18-21,28-31H2,1-12H3.